The Morgan fingerprint density at radius 3 is 2.70 bits per heavy atom. The van der Waals surface area contributed by atoms with E-state index in [4.69, 9.17) is 5.73 Å². The van der Waals surface area contributed by atoms with Crippen molar-refractivity contribution >= 4 is 42.1 Å². The van der Waals surface area contributed by atoms with Crippen LogP contribution >= 0.6 is 15.9 Å². The molecule has 2 aromatic heterocycles. The molecule has 0 aromatic carbocycles. The van der Waals surface area contributed by atoms with E-state index in [0.717, 1.165) is 40.1 Å². The summed E-state index contributed by atoms with van der Waals surface area (Å²) in [5.41, 5.74) is 6.17. The monoisotopic (exact) mass is 403 g/mol. The van der Waals surface area contributed by atoms with Crippen LogP contribution in [-0.2, 0) is 5.60 Å². The number of aromatic nitrogens is 1. The van der Waals surface area contributed by atoms with Crippen molar-refractivity contribution in [1.29, 1.82) is 0 Å². The molecule has 1 amide bonds. The predicted octanol–water partition coefficient (Wildman–Crippen LogP) is 1.50. The van der Waals surface area contributed by atoms with Crippen LogP contribution in [0.1, 0.15) is 46.9 Å². The molecule has 0 saturated heterocycles. The van der Waals surface area contributed by atoms with Crippen LogP contribution in [0.25, 0.3) is 5.52 Å². The van der Waals surface area contributed by atoms with Crippen molar-refractivity contribution in [2.75, 3.05) is 0 Å². The third-order valence-corrected chi connectivity index (χ3v) is 7.96. The Kier molecular flexibility index (Phi) is 3.75. The van der Waals surface area contributed by atoms with Crippen LogP contribution in [0.5, 0.6) is 0 Å². The van der Waals surface area contributed by atoms with E-state index in [1.165, 1.54) is 6.42 Å². The molecular weight excluding hydrogens is 387 g/mol. The minimum atomic E-state index is -0.685. The molecule has 106 valence electrons. The summed E-state index contributed by atoms with van der Waals surface area (Å²) in [4.78, 5) is 11.3. The summed E-state index contributed by atoms with van der Waals surface area (Å²) in [6.07, 6.45) is 6.80. The topological polar surface area (TPSA) is 67.4 Å². The minimum absolute atomic E-state index is 0.0221. The van der Waals surface area contributed by atoms with E-state index in [-0.39, 0.29) is 14.7 Å². The number of amides is 1. The van der Waals surface area contributed by atoms with Gasteiger partial charge in [-0.1, -0.05) is 0 Å². The zero-order chi connectivity index (χ0) is 14.3. The molecule has 1 fully saturated rings. The molecule has 3 N–H and O–H groups in total. The van der Waals surface area contributed by atoms with Crippen LogP contribution in [0, 0.1) is 0 Å². The van der Waals surface area contributed by atoms with Gasteiger partial charge in [-0.25, -0.2) is 0 Å². The van der Waals surface area contributed by atoms with Crippen molar-refractivity contribution < 1.29 is 13.3 Å². The fraction of sp³-hybridized carbons (Fsp3) is 0.429. The Balaban J connectivity index is 2.12. The summed E-state index contributed by atoms with van der Waals surface area (Å²) in [5.74, 6) is -0.419. The van der Waals surface area contributed by atoms with Crippen molar-refractivity contribution in [2.45, 2.75) is 37.7 Å². The quantitative estimate of drug-likeness (QED) is 0.747. The molecule has 4 nitrogen and oxygen atoms in total. The molecule has 6 heteroatoms. The van der Waals surface area contributed by atoms with Gasteiger partial charge >= 0.3 is 132 Å². The van der Waals surface area contributed by atoms with Gasteiger partial charge in [0.25, 0.3) is 0 Å². The second-order valence-electron chi connectivity index (χ2n) is 5.32. The molecular formula is C14H16BrN2O2Se+. The molecule has 0 bridgehead atoms. The average molecular weight is 403 g/mol. The first-order valence-electron chi connectivity index (χ1n) is 6.68. The normalized spacial score (nSPS) is 18.3. The van der Waals surface area contributed by atoms with E-state index in [1.54, 1.807) is 12.3 Å². The molecule has 0 radical (unpaired) electrons. The molecule has 3 rings (SSSR count). The van der Waals surface area contributed by atoms with Crippen LogP contribution in [0.15, 0.2) is 22.8 Å². The van der Waals surface area contributed by atoms with Gasteiger partial charge in [0.1, 0.15) is 0 Å². The third kappa shape index (κ3) is 2.35. The molecule has 0 atom stereocenters. The number of rotatable bonds is 2. The van der Waals surface area contributed by atoms with Gasteiger partial charge in [0.15, 0.2) is 0 Å². The second kappa shape index (κ2) is 5.26. The van der Waals surface area contributed by atoms with E-state index in [1.807, 2.05) is 9.46 Å². The summed E-state index contributed by atoms with van der Waals surface area (Å²) in [6.45, 7) is 0. The van der Waals surface area contributed by atoms with E-state index in [0.29, 0.717) is 5.56 Å². The van der Waals surface area contributed by atoms with Crippen molar-refractivity contribution in [1.82, 2.24) is 0 Å². The molecule has 0 unspecified atom stereocenters. The molecule has 2 aromatic rings. The number of nitrogens with two attached hydrogens (primary N) is 1. The van der Waals surface area contributed by atoms with Crippen molar-refractivity contribution in [3.05, 3.63) is 32.8 Å². The first kappa shape index (κ1) is 14.3. The summed E-state index contributed by atoms with van der Waals surface area (Å²) in [7, 11) is 0. The zero-order valence-corrected chi connectivity index (χ0v) is 14.2. The summed E-state index contributed by atoms with van der Waals surface area (Å²) >= 11 is 3.61. The van der Waals surface area contributed by atoms with E-state index in [2.05, 4.69) is 15.9 Å². The molecule has 1 aliphatic carbocycles. The number of carbonyl (C=O) groups excluding carboxylic acids is 1. The van der Waals surface area contributed by atoms with E-state index >= 15 is 0 Å². The number of nitrogens with zero attached hydrogens (tertiary/aromatic N) is 1. The Labute approximate surface area is 131 Å². The maximum absolute atomic E-state index is 11.3. The number of hydrogen-bond donors (Lipinski definition) is 2. The Bertz CT molecular complexity index is 677. The average Bonchev–Trinajstić information content (AvgIpc) is 2.77. The van der Waals surface area contributed by atoms with Gasteiger partial charge in [-0.3, -0.25) is 0 Å². The van der Waals surface area contributed by atoms with Gasteiger partial charge in [-0.05, 0) is 0 Å². The molecule has 1 saturated carbocycles. The van der Waals surface area contributed by atoms with Crippen molar-refractivity contribution in [3.63, 3.8) is 0 Å². The van der Waals surface area contributed by atoms with Crippen LogP contribution in [0.4, 0.5) is 0 Å². The molecule has 1 aliphatic rings. The maximum atomic E-state index is 11.3. The number of halogens is 1. The van der Waals surface area contributed by atoms with Crippen LogP contribution < -0.4 is 9.13 Å². The van der Waals surface area contributed by atoms with Crippen molar-refractivity contribution in [2.24, 2.45) is 5.73 Å². The van der Waals surface area contributed by atoms with Crippen LogP contribution in [0.2, 0.25) is 0 Å². The number of aliphatic hydroxyl groups is 1. The number of carbonyl (C=O) groups is 1. The van der Waals surface area contributed by atoms with E-state index in [9.17, 15) is 9.90 Å². The number of hydrogen-bond acceptors (Lipinski definition) is 2. The zero-order valence-electron chi connectivity index (χ0n) is 10.9. The third-order valence-electron chi connectivity index (χ3n) is 3.92. The fourth-order valence-corrected chi connectivity index (χ4v) is 6.57. The van der Waals surface area contributed by atoms with Crippen LogP contribution in [0.3, 0.4) is 0 Å². The second-order valence-corrected chi connectivity index (χ2v) is 8.18. The summed E-state index contributed by atoms with van der Waals surface area (Å²) < 4.78 is 4.11. The molecule has 0 spiro atoms. The summed E-state index contributed by atoms with van der Waals surface area (Å²) in [6, 6.07) is 3.63. The van der Waals surface area contributed by atoms with Gasteiger partial charge in [-0.15, -0.1) is 0 Å². The fourth-order valence-electron chi connectivity index (χ4n) is 2.78. The standard InChI is InChI=1S/C14H15BrN2O2Se/c15-11-10-5-4-9(13(16)18)8-17(10)20-12(11)14(19)6-2-1-3-7-14/h4-5,8,19H,1-3,6-7H2,(H-,16,18)/p+1. The van der Waals surface area contributed by atoms with Gasteiger partial charge in [0.2, 0.25) is 0 Å². The first-order chi connectivity index (χ1) is 9.51. The van der Waals surface area contributed by atoms with Gasteiger partial charge in [0, 0.05) is 0 Å². The van der Waals surface area contributed by atoms with Gasteiger partial charge in [0.05, 0.1) is 0 Å². The summed E-state index contributed by atoms with van der Waals surface area (Å²) in [5, 5.41) is 10.9. The molecule has 2 heterocycles. The Hall–Kier alpha value is -0.681. The van der Waals surface area contributed by atoms with E-state index < -0.39 is 11.5 Å². The van der Waals surface area contributed by atoms with Gasteiger partial charge < -0.3 is 0 Å². The predicted molar refractivity (Wildman–Crippen MR) is 79.7 cm³/mol. The SMILES string of the molecule is NC(=O)c1ccc2c(Br)c(C3(O)CCCCC3)[se][n+]2c1. The number of primary amides is 1. The number of fused-ring (bicyclic) bond motifs is 1. The van der Waals surface area contributed by atoms with Crippen LogP contribution in [-0.4, -0.2) is 25.7 Å². The molecule has 20 heavy (non-hydrogen) atoms. The number of pyridine rings is 1. The van der Waals surface area contributed by atoms with Crippen molar-refractivity contribution in [3.8, 4) is 0 Å². The first-order valence-corrected chi connectivity index (χ1v) is 9.10. The van der Waals surface area contributed by atoms with Gasteiger partial charge in [-0.2, -0.15) is 0 Å². The Morgan fingerprint density at radius 2 is 2.05 bits per heavy atom. The molecule has 0 aliphatic heterocycles. The Morgan fingerprint density at radius 1 is 1.35 bits per heavy atom.